The molecule has 1 aliphatic heterocycles. The molecule has 34 heavy (non-hydrogen) atoms. The minimum absolute atomic E-state index is 0.0244. The van der Waals surface area contributed by atoms with Gasteiger partial charge in [0.2, 0.25) is 10.0 Å². The van der Waals surface area contributed by atoms with Gasteiger partial charge in [0.25, 0.3) is 5.92 Å². The number of nitrogens with one attached hydrogen (secondary N) is 1. The first-order chi connectivity index (χ1) is 15.7. The average Bonchev–Trinajstić information content (AvgIpc) is 2.97. The average molecular weight is 505 g/mol. The molecule has 2 aromatic rings. The van der Waals surface area contributed by atoms with Crippen molar-refractivity contribution < 1.29 is 36.2 Å². The number of sulfonamides is 1. The second-order valence-electron chi connectivity index (χ2n) is 8.95. The van der Waals surface area contributed by atoms with Crippen molar-refractivity contribution in [3.05, 3.63) is 59.7 Å². The highest BCUT2D eigenvalue weighted by Gasteiger charge is 2.58. The van der Waals surface area contributed by atoms with E-state index < -0.39 is 64.5 Å². The van der Waals surface area contributed by atoms with Crippen molar-refractivity contribution in [2.45, 2.75) is 56.5 Å². The molecule has 1 heterocycles. The van der Waals surface area contributed by atoms with E-state index in [2.05, 4.69) is 0 Å². The summed E-state index contributed by atoms with van der Waals surface area (Å²) in [6.45, 7) is 1.78. The van der Waals surface area contributed by atoms with Gasteiger partial charge in [-0.3, -0.25) is 4.90 Å². The summed E-state index contributed by atoms with van der Waals surface area (Å²) in [5.74, 6) is -4.97. The molecule has 0 saturated carbocycles. The molecule has 0 spiro atoms. The Morgan fingerprint density at radius 3 is 2.47 bits per heavy atom. The largest absolute Gasteiger partial charge is 0.386 e. The van der Waals surface area contributed by atoms with E-state index in [4.69, 9.17) is 0 Å². The third-order valence-electron chi connectivity index (χ3n) is 6.23. The van der Waals surface area contributed by atoms with Crippen LogP contribution in [0.5, 0.6) is 0 Å². The molecule has 3 N–H and O–H groups in total. The van der Waals surface area contributed by atoms with Crippen LogP contribution in [0.15, 0.2) is 42.5 Å². The maximum absolute atomic E-state index is 15.5. The van der Waals surface area contributed by atoms with E-state index in [1.807, 2.05) is 4.72 Å². The Hall–Kier alpha value is -2.05. The summed E-state index contributed by atoms with van der Waals surface area (Å²) in [6, 6.07) is 6.11. The van der Waals surface area contributed by atoms with Crippen LogP contribution in [0.1, 0.15) is 25.8 Å². The summed E-state index contributed by atoms with van der Waals surface area (Å²) < 4.78 is 84.7. The Kier molecular flexibility index (Phi) is 7.45. The second-order valence-corrected chi connectivity index (χ2v) is 10.7. The molecule has 3 rings (SSSR count). The van der Waals surface area contributed by atoms with Gasteiger partial charge in [0.15, 0.2) is 0 Å². The zero-order valence-corrected chi connectivity index (χ0v) is 19.8. The second kappa shape index (κ2) is 9.54. The van der Waals surface area contributed by atoms with Crippen molar-refractivity contribution in [3.63, 3.8) is 0 Å². The van der Waals surface area contributed by atoms with Gasteiger partial charge in [-0.2, -0.15) is 0 Å². The van der Waals surface area contributed by atoms with Gasteiger partial charge in [-0.05, 0) is 43.0 Å². The van der Waals surface area contributed by atoms with Crippen LogP contribution in [0.4, 0.5) is 17.6 Å². The highest BCUT2D eigenvalue weighted by molar-refractivity contribution is 7.88. The molecule has 11 heteroatoms. The monoisotopic (exact) mass is 504 g/mol. The Morgan fingerprint density at radius 2 is 1.88 bits per heavy atom. The first-order valence-electron chi connectivity index (χ1n) is 10.7. The van der Waals surface area contributed by atoms with Gasteiger partial charge in [0.1, 0.15) is 29.5 Å². The summed E-state index contributed by atoms with van der Waals surface area (Å²) in [6.07, 6.45) is -1.42. The predicted octanol–water partition coefficient (Wildman–Crippen LogP) is 2.89. The molecule has 0 radical (unpaired) electrons. The maximum atomic E-state index is 15.5. The smallest absolute Gasteiger partial charge is 0.278 e. The Balaban J connectivity index is 2.06. The first kappa shape index (κ1) is 26.6. The molecule has 4 atom stereocenters. The van der Waals surface area contributed by atoms with Crippen LogP contribution in [0.2, 0.25) is 0 Å². The lowest BCUT2D eigenvalue weighted by atomic mass is 9.94. The SMILES string of the molecule is CCC(C)(O)C(O)N1CC(F)(F)[C@H](NS(C)(=O)=O)[C@@H]1Cc1cccc(-c2cccc(F)c2)c1F. The number of aliphatic hydroxyl groups excluding tert-OH is 1. The summed E-state index contributed by atoms with van der Waals surface area (Å²) in [4.78, 5) is 0.903. The van der Waals surface area contributed by atoms with Gasteiger partial charge in [-0.25, -0.2) is 30.7 Å². The molecule has 1 fully saturated rings. The van der Waals surface area contributed by atoms with Crippen molar-refractivity contribution in [1.29, 1.82) is 0 Å². The van der Waals surface area contributed by atoms with Gasteiger partial charge < -0.3 is 10.2 Å². The molecule has 2 aromatic carbocycles. The van der Waals surface area contributed by atoms with E-state index >= 15 is 4.39 Å². The summed E-state index contributed by atoms with van der Waals surface area (Å²) in [5.41, 5.74) is -1.52. The van der Waals surface area contributed by atoms with E-state index in [9.17, 15) is 31.8 Å². The van der Waals surface area contributed by atoms with Gasteiger partial charge in [0, 0.05) is 11.6 Å². The van der Waals surface area contributed by atoms with Crippen LogP contribution in [0.25, 0.3) is 11.1 Å². The Bertz CT molecular complexity index is 1140. The lowest BCUT2D eigenvalue weighted by molar-refractivity contribution is -0.151. The minimum Gasteiger partial charge on any atom is -0.386 e. The fourth-order valence-electron chi connectivity index (χ4n) is 4.21. The molecule has 0 amide bonds. The fourth-order valence-corrected chi connectivity index (χ4v) is 5.00. The molecule has 1 aliphatic rings. The lowest BCUT2D eigenvalue weighted by Crippen LogP contribution is -2.56. The minimum atomic E-state index is -4.10. The van der Waals surface area contributed by atoms with E-state index in [0.717, 1.165) is 17.2 Å². The molecule has 1 saturated heterocycles. The van der Waals surface area contributed by atoms with Crippen LogP contribution in [-0.2, 0) is 16.4 Å². The molecule has 0 aliphatic carbocycles. The normalized spacial score (nSPS) is 23.6. The molecule has 188 valence electrons. The van der Waals surface area contributed by atoms with Gasteiger partial charge in [-0.15, -0.1) is 0 Å². The third kappa shape index (κ3) is 5.60. The quantitative estimate of drug-likeness (QED) is 0.481. The standard InChI is InChI=1S/C23H28F4N2O4S/c1-4-22(2,31)21(30)29-13-23(26,27)20(28-34(3,32)33)18(29)12-15-8-6-10-17(19(15)25)14-7-5-9-16(24)11-14/h5-11,18,20-21,28,30-31H,4,12-13H2,1-3H3/t18-,20+,21?,22?/m0/s1. The van der Waals surface area contributed by atoms with E-state index in [0.29, 0.717) is 0 Å². The highest BCUT2D eigenvalue weighted by atomic mass is 32.2. The molecule has 0 aromatic heterocycles. The third-order valence-corrected chi connectivity index (χ3v) is 6.91. The van der Waals surface area contributed by atoms with Crippen LogP contribution in [-0.4, -0.2) is 66.2 Å². The van der Waals surface area contributed by atoms with Crippen molar-refractivity contribution in [1.82, 2.24) is 9.62 Å². The zero-order chi connectivity index (χ0) is 25.5. The van der Waals surface area contributed by atoms with Crippen LogP contribution in [0, 0.1) is 11.6 Å². The van der Waals surface area contributed by atoms with Crippen molar-refractivity contribution >= 4 is 10.0 Å². The number of halogens is 4. The van der Waals surface area contributed by atoms with Gasteiger partial charge >= 0.3 is 0 Å². The molecule has 6 nitrogen and oxygen atoms in total. The lowest BCUT2D eigenvalue weighted by Gasteiger charge is -2.38. The molecule has 0 bridgehead atoms. The number of hydrogen-bond donors (Lipinski definition) is 3. The van der Waals surface area contributed by atoms with Crippen LogP contribution >= 0.6 is 0 Å². The number of hydrogen-bond acceptors (Lipinski definition) is 5. The van der Waals surface area contributed by atoms with Crippen molar-refractivity contribution in [3.8, 4) is 11.1 Å². The zero-order valence-electron chi connectivity index (χ0n) is 19.0. The number of aliphatic hydroxyl groups is 2. The molecular formula is C23H28F4N2O4S. The van der Waals surface area contributed by atoms with Crippen LogP contribution in [0.3, 0.4) is 0 Å². The number of alkyl halides is 2. The number of benzene rings is 2. The number of rotatable bonds is 8. The summed E-state index contributed by atoms with van der Waals surface area (Å²) >= 11 is 0. The molecule has 2 unspecified atom stereocenters. The van der Waals surface area contributed by atoms with E-state index in [-0.39, 0.29) is 23.1 Å². The van der Waals surface area contributed by atoms with E-state index in [1.54, 1.807) is 6.92 Å². The predicted molar refractivity (Wildman–Crippen MR) is 120 cm³/mol. The van der Waals surface area contributed by atoms with Gasteiger partial charge in [-0.1, -0.05) is 37.3 Å². The Morgan fingerprint density at radius 1 is 1.24 bits per heavy atom. The molecular weight excluding hydrogens is 476 g/mol. The highest BCUT2D eigenvalue weighted by Crippen LogP contribution is 2.38. The fraction of sp³-hybridized carbons (Fsp3) is 0.478. The Labute approximate surface area is 196 Å². The van der Waals surface area contributed by atoms with Crippen LogP contribution < -0.4 is 4.72 Å². The first-order valence-corrected chi connectivity index (χ1v) is 12.6. The number of nitrogens with zero attached hydrogens (tertiary/aromatic N) is 1. The summed E-state index contributed by atoms with van der Waals surface area (Å²) in [7, 11) is -4.10. The summed E-state index contributed by atoms with van der Waals surface area (Å²) in [5, 5.41) is 21.2. The number of likely N-dealkylation sites (tertiary alicyclic amines) is 1. The van der Waals surface area contributed by atoms with E-state index in [1.165, 1.54) is 43.3 Å². The van der Waals surface area contributed by atoms with Crippen molar-refractivity contribution in [2.75, 3.05) is 12.8 Å². The van der Waals surface area contributed by atoms with Gasteiger partial charge in [0.05, 0.1) is 12.8 Å². The van der Waals surface area contributed by atoms with Crippen molar-refractivity contribution in [2.24, 2.45) is 0 Å². The topological polar surface area (TPSA) is 89.9 Å². The maximum Gasteiger partial charge on any atom is 0.278 e.